The zero-order chi connectivity index (χ0) is 21.5. The monoisotopic (exact) mass is 408 g/mol. The van der Waals surface area contributed by atoms with Gasteiger partial charge in [0.05, 0.1) is 0 Å². The topological polar surface area (TPSA) is 90.5 Å². The van der Waals surface area contributed by atoms with E-state index in [0.717, 1.165) is 5.69 Å². The van der Waals surface area contributed by atoms with Crippen LogP contribution in [0.5, 0.6) is 0 Å². The molecule has 1 aliphatic rings. The number of anilines is 2. The highest BCUT2D eigenvalue weighted by Gasteiger charge is 2.27. The third-order valence-corrected chi connectivity index (χ3v) is 5.00. The summed E-state index contributed by atoms with van der Waals surface area (Å²) >= 11 is 0. The summed E-state index contributed by atoms with van der Waals surface area (Å²) in [6.45, 7) is 4.86. The number of carbonyl (C=O) groups excluding carboxylic acids is 3. The molecule has 0 bridgehead atoms. The second kappa shape index (κ2) is 9.91. The van der Waals surface area contributed by atoms with Gasteiger partial charge >= 0.3 is 6.03 Å². The lowest BCUT2D eigenvalue weighted by Crippen LogP contribution is -2.41. The van der Waals surface area contributed by atoms with Crippen LogP contribution in [0.1, 0.15) is 37.0 Å². The van der Waals surface area contributed by atoms with Crippen LogP contribution in [-0.4, -0.2) is 41.9 Å². The fourth-order valence-electron chi connectivity index (χ4n) is 3.42. The molecule has 3 N–H and O–H groups in total. The fraction of sp³-hybridized carbons (Fsp3) is 0.348. The Hall–Kier alpha value is -3.35. The molecular formula is C23H28N4O3. The van der Waals surface area contributed by atoms with E-state index in [0.29, 0.717) is 37.2 Å². The molecule has 0 saturated carbocycles. The van der Waals surface area contributed by atoms with Gasteiger partial charge in [-0.15, -0.1) is 0 Å². The Kier molecular flexibility index (Phi) is 7.06. The molecule has 1 heterocycles. The van der Waals surface area contributed by atoms with Crippen LogP contribution in [0.15, 0.2) is 54.6 Å². The number of rotatable bonds is 5. The van der Waals surface area contributed by atoms with Crippen LogP contribution in [0.4, 0.5) is 16.2 Å². The van der Waals surface area contributed by atoms with E-state index in [1.807, 2.05) is 44.2 Å². The molecule has 0 atom stereocenters. The van der Waals surface area contributed by atoms with Gasteiger partial charge in [0, 0.05) is 42.0 Å². The zero-order valence-corrected chi connectivity index (χ0v) is 17.4. The summed E-state index contributed by atoms with van der Waals surface area (Å²) in [6.07, 6.45) is 1.28. The van der Waals surface area contributed by atoms with E-state index in [4.69, 9.17) is 0 Å². The number of para-hydroxylation sites is 1. The molecule has 0 aromatic heterocycles. The van der Waals surface area contributed by atoms with Crippen LogP contribution in [0.3, 0.4) is 0 Å². The van der Waals surface area contributed by atoms with Crippen LogP contribution < -0.4 is 16.0 Å². The molecule has 1 fully saturated rings. The van der Waals surface area contributed by atoms with Crippen molar-refractivity contribution in [2.24, 2.45) is 5.92 Å². The standard InChI is InChI=1S/C23H28N4O3/c1-16(2)24-23(30)26-20-10-8-18(9-11-20)22(29)27-14-12-17(13-15-27)21(28)25-19-6-4-3-5-7-19/h3-11,16-17H,12-15H2,1-2H3,(H,25,28)(H2,24,26,30). The Bertz CT molecular complexity index is 873. The predicted molar refractivity (Wildman–Crippen MR) is 117 cm³/mol. The van der Waals surface area contributed by atoms with Gasteiger partial charge in [-0.05, 0) is 63.1 Å². The predicted octanol–water partition coefficient (Wildman–Crippen LogP) is 3.71. The Morgan fingerprint density at radius 2 is 1.47 bits per heavy atom. The number of nitrogens with one attached hydrogen (secondary N) is 3. The van der Waals surface area contributed by atoms with Gasteiger partial charge in [0.15, 0.2) is 0 Å². The smallest absolute Gasteiger partial charge is 0.319 e. The normalized spacial score (nSPS) is 14.3. The van der Waals surface area contributed by atoms with Crippen LogP contribution in [0.2, 0.25) is 0 Å². The molecule has 4 amide bonds. The highest BCUT2D eigenvalue weighted by atomic mass is 16.2. The van der Waals surface area contributed by atoms with Gasteiger partial charge < -0.3 is 20.9 Å². The first kappa shape index (κ1) is 21.4. The Labute approximate surface area is 176 Å². The van der Waals surface area contributed by atoms with Gasteiger partial charge in [-0.2, -0.15) is 0 Å². The summed E-state index contributed by atoms with van der Waals surface area (Å²) in [4.78, 5) is 38.8. The van der Waals surface area contributed by atoms with Crippen molar-refractivity contribution in [3.05, 3.63) is 60.2 Å². The van der Waals surface area contributed by atoms with Crippen LogP contribution >= 0.6 is 0 Å². The van der Waals surface area contributed by atoms with Gasteiger partial charge in [-0.1, -0.05) is 18.2 Å². The maximum atomic E-state index is 12.8. The van der Waals surface area contributed by atoms with E-state index in [1.54, 1.807) is 29.2 Å². The minimum atomic E-state index is -0.278. The van der Waals surface area contributed by atoms with E-state index in [-0.39, 0.29) is 29.8 Å². The number of amides is 4. The number of hydrogen-bond acceptors (Lipinski definition) is 3. The van der Waals surface area contributed by atoms with Crippen molar-refractivity contribution in [2.75, 3.05) is 23.7 Å². The Morgan fingerprint density at radius 3 is 2.07 bits per heavy atom. The maximum absolute atomic E-state index is 12.8. The largest absolute Gasteiger partial charge is 0.339 e. The van der Waals surface area contributed by atoms with E-state index >= 15 is 0 Å². The number of likely N-dealkylation sites (tertiary alicyclic amines) is 1. The first-order chi connectivity index (χ1) is 14.4. The van der Waals surface area contributed by atoms with E-state index in [9.17, 15) is 14.4 Å². The summed E-state index contributed by atoms with van der Waals surface area (Å²) in [5, 5.41) is 8.43. The van der Waals surface area contributed by atoms with Gasteiger partial charge in [0.2, 0.25) is 5.91 Å². The number of nitrogens with zero attached hydrogens (tertiary/aromatic N) is 1. The van der Waals surface area contributed by atoms with Crippen molar-refractivity contribution in [2.45, 2.75) is 32.7 Å². The number of benzene rings is 2. The van der Waals surface area contributed by atoms with Crippen molar-refractivity contribution in [1.29, 1.82) is 0 Å². The molecule has 2 aromatic rings. The maximum Gasteiger partial charge on any atom is 0.319 e. The first-order valence-electron chi connectivity index (χ1n) is 10.2. The van der Waals surface area contributed by atoms with Crippen LogP contribution in [0.25, 0.3) is 0 Å². The molecule has 7 heteroatoms. The van der Waals surface area contributed by atoms with Crippen molar-refractivity contribution in [3.63, 3.8) is 0 Å². The van der Waals surface area contributed by atoms with Gasteiger partial charge in [0.25, 0.3) is 5.91 Å². The molecule has 7 nitrogen and oxygen atoms in total. The number of urea groups is 1. The van der Waals surface area contributed by atoms with Crippen molar-refractivity contribution >= 4 is 29.2 Å². The molecule has 0 spiro atoms. The van der Waals surface area contributed by atoms with Crippen molar-refractivity contribution < 1.29 is 14.4 Å². The highest BCUT2D eigenvalue weighted by Crippen LogP contribution is 2.21. The minimum absolute atomic E-state index is 0.00315. The summed E-state index contributed by atoms with van der Waals surface area (Å²) in [6, 6.07) is 16.0. The van der Waals surface area contributed by atoms with Crippen LogP contribution in [0, 0.1) is 5.92 Å². The molecule has 0 radical (unpaired) electrons. The van der Waals surface area contributed by atoms with Gasteiger partial charge in [-0.3, -0.25) is 9.59 Å². The SMILES string of the molecule is CC(C)NC(=O)Nc1ccc(C(=O)N2CCC(C(=O)Nc3ccccc3)CC2)cc1. The van der Waals surface area contributed by atoms with Crippen molar-refractivity contribution in [3.8, 4) is 0 Å². The Morgan fingerprint density at radius 1 is 0.867 bits per heavy atom. The lowest BCUT2D eigenvalue weighted by atomic mass is 9.95. The first-order valence-corrected chi connectivity index (χ1v) is 10.2. The molecular weight excluding hydrogens is 380 g/mol. The van der Waals surface area contributed by atoms with Gasteiger partial charge in [0.1, 0.15) is 0 Å². The highest BCUT2D eigenvalue weighted by molar-refractivity contribution is 5.96. The second-order valence-corrected chi connectivity index (χ2v) is 7.75. The molecule has 158 valence electrons. The number of carbonyl (C=O) groups is 3. The second-order valence-electron chi connectivity index (χ2n) is 7.75. The lowest BCUT2D eigenvalue weighted by molar-refractivity contribution is -0.121. The lowest BCUT2D eigenvalue weighted by Gasteiger charge is -2.31. The van der Waals surface area contributed by atoms with E-state index in [1.165, 1.54) is 0 Å². The molecule has 0 aliphatic carbocycles. The molecule has 2 aromatic carbocycles. The number of piperidine rings is 1. The molecule has 1 aliphatic heterocycles. The fourth-order valence-corrected chi connectivity index (χ4v) is 3.42. The summed E-state index contributed by atoms with van der Waals surface area (Å²) in [5.74, 6) is -0.154. The molecule has 0 unspecified atom stereocenters. The minimum Gasteiger partial charge on any atom is -0.339 e. The van der Waals surface area contributed by atoms with Gasteiger partial charge in [-0.25, -0.2) is 4.79 Å². The molecule has 3 rings (SSSR count). The molecule has 30 heavy (non-hydrogen) atoms. The average Bonchev–Trinajstić information content (AvgIpc) is 2.74. The zero-order valence-electron chi connectivity index (χ0n) is 17.4. The van der Waals surface area contributed by atoms with E-state index in [2.05, 4.69) is 16.0 Å². The summed E-state index contributed by atoms with van der Waals surface area (Å²) < 4.78 is 0. The van der Waals surface area contributed by atoms with Crippen LogP contribution in [-0.2, 0) is 4.79 Å². The quantitative estimate of drug-likeness (QED) is 0.704. The summed E-state index contributed by atoms with van der Waals surface area (Å²) in [5.41, 5.74) is 1.98. The third-order valence-electron chi connectivity index (χ3n) is 5.00. The average molecular weight is 409 g/mol. The number of hydrogen-bond donors (Lipinski definition) is 3. The van der Waals surface area contributed by atoms with Crippen molar-refractivity contribution in [1.82, 2.24) is 10.2 Å². The van der Waals surface area contributed by atoms with E-state index < -0.39 is 0 Å². The third kappa shape index (κ3) is 5.83. The molecule has 1 saturated heterocycles. The Balaban J connectivity index is 1.50. The summed E-state index contributed by atoms with van der Waals surface area (Å²) in [7, 11) is 0.